The minimum Gasteiger partial charge on any atom is -0.324 e. The molecule has 3 aromatic carbocycles. The summed E-state index contributed by atoms with van der Waals surface area (Å²) in [6, 6.07) is 18.6. The zero-order chi connectivity index (χ0) is 24.1. The van der Waals surface area contributed by atoms with Crippen molar-refractivity contribution in [3.8, 4) is 11.8 Å². The summed E-state index contributed by atoms with van der Waals surface area (Å²) in [4.78, 5) is 31.1. The van der Waals surface area contributed by atoms with Crippen LogP contribution in [0.15, 0.2) is 81.6 Å². The summed E-state index contributed by atoms with van der Waals surface area (Å²) in [6.45, 7) is 0. The second kappa shape index (κ2) is 10.5. The van der Waals surface area contributed by atoms with Crippen molar-refractivity contribution in [3.63, 3.8) is 0 Å². The molecule has 0 bridgehead atoms. The van der Waals surface area contributed by atoms with Crippen LogP contribution in [0.4, 0.5) is 14.5 Å². The molecule has 170 valence electrons. The van der Waals surface area contributed by atoms with E-state index < -0.39 is 17.2 Å². The normalized spacial score (nSPS) is 10.7. The van der Waals surface area contributed by atoms with Crippen molar-refractivity contribution >= 4 is 46.0 Å². The van der Waals surface area contributed by atoms with Gasteiger partial charge in [0.25, 0.3) is 5.56 Å². The number of nitrogens with one attached hydrogen (secondary N) is 1. The summed E-state index contributed by atoms with van der Waals surface area (Å²) in [5.74, 6) is -1.95. The highest BCUT2D eigenvalue weighted by Crippen LogP contribution is 2.28. The van der Waals surface area contributed by atoms with Crippen LogP contribution in [0.5, 0.6) is 0 Å². The van der Waals surface area contributed by atoms with E-state index in [1.807, 2.05) is 6.07 Å². The number of aromatic nitrogens is 2. The minimum absolute atomic E-state index is 0.0940. The molecule has 4 rings (SSSR count). The number of carbonyl (C=O) groups is 1. The molecular weight excluding hydrogens is 478 g/mol. The summed E-state index contributed by atoms with van der Waals surface area (Å²) < 4.78 is 29.1. The molecule has 1 N–H and O–H groups in total. The van der Waals surface area contributed by atoms with E-state index in [-0.39, 0.29) is 33.6 Å². The lowest BCUT2D eigenvalue weighted by atomic mass is 10.2. The van der Waals surface area contributed by atoms with E-state index in [9.17, 15) is 18.4 Å². The zero-order valence-electron chi connectivity index (χ0n) is 17.5. The van der Waals surface area contributed by atoms with Gasteiger partial charge >= 0.3 is 0 Å². The molecular formula is C24H16F2N4O2S2. The Morgan fingerprint density at radius 3 is 2.62 bits per heavy atom. The maximum atomic E-state index is 14.6. The van der Waals surface area contributed by atoms with Gasteiger partial charge in [-0.2, -0.15) is 5.26 Å². The van der Waals surface area contributed by atoms with Crippen molar-refractivity contribution in [1.29, 1.82) is 5.26 Å². The fourth-order valence-electron chi connectivity index (χ4n) is 3.21. The van der Waals surface area contributed by atoms with Gasteiger partial charge in [-0.25, -0.2) is 13.8 Å². The highest BCUT2D eigenvalue weighted by Gasteiger charge is 2.18. The monoisotopic (exact) mass is 494 g/mol. The fraction of sp³-hybridized carbons (Fsp3) is 0.0833. The first-order valence-electron chi connectivity index (χ1n) is 9.96. The Balaban J connectivity index is 1.65. The molecule has 0 saturated carbocycles. The van der Waals surface area contributed by atoms with E-state index in [2.05, 4.69) is 10.3 Å². The van der Waals surface area contributed by atoms with Crippen LogP contribution in [-0.4, -0.2) is 27.0 Å². The molecule has 0 unspecified atom stereocenters. The third-order valence-corrected chi connectivity index (χ3v) is 6.56. The van der Waals surface area contributed by atoms with Crippen LogP contribution in [0.3, 0.4) is 0 Å². The van der Waals surface area contributed by atoms with E-state index >= 15 is 0 Å². The van der Waals surface area contributed by atoms with Gasteiger partial charge in [0.05, 0.1) is 39.9 Å². The van der Waals surface area contributed by atoms with Gasteiger partial charge in [0.2, 0.25) is 5.91 Å². The van der Waals surface area contributed by atoms with Crippen LogP contribution in [-0.2, 0) is 4.79 Å². The molecule has 0 atom stereocenters. The predicted octanol–water partition coefficient (Wildman–Crippen LogP) is 5.01. The van der Waals surface area contributed by atoms with Gasteiger partial charge in [-0.05, 0) is 36.4 Å². The second-order valence-corrected chi connectivity index (χ2v) is 8.89. The highest BCUT2D eigenvalue weighted by atomic mass is 32.2. The maximum Gasteiger partial charge on any atom is 0.266 e. The van der Waals surface area contributed by atoms with Gasteiger partial charge in [0, 0.05) is 11.0 Å². The first kappa shape index (κ1) is 23.5. The average Bonchev–Trinajstić information content (AvgIpc) is 2.83. The van der Waals surface area contributed by atoms with Gasteiger partial charge in [-0.3, -0.25) is 14.2 Å². The van der Waals surface area contributed by atoms with E-state index in [0.29, 0.717) is 17.3 Å². The topological polar surface area (TPSA) is 87.8 Å². The number of fused-ring (bicyclic) bond motifs is 1. The molecule has 1 amide bonds. The van der Waals surface area contributed by atoms with Crippen molar-refractivity contribution in [1.82, 2.24) is 9.55 Å². The molecule has 34 heavy (non-hydrogen) atoms. The van der Waals surface area contributed by atoms with Crippen LogP contribution in [0.2, 0.25) is 0 Å². The highest BCUT2D eigenvalue weighted by molar-refractivity contribution is 8.00. The van der Waals surface area contributed by atoms with Gasteiger partial charge in [-0.1, -0.05) is 36.0 Å². The molecule has 0 aliphatic rings. The van der Waals surface area contributed by atoms with E-state index in [0.717, 1.165) is 33.4 Å². The Kier molecular flexibility index (Phi) is 7.25. The standard InChI is InChI=1S/C24H16F2N4O2S2/c25-15-9-10-20(17(26)13-15)30-23(32)16-5-1-2-6-18(16)29-24(30)34-14-22(31)28-19-7-3-4-8-21(19)33-12-11-27/h1-10,13H,12,14H2,(H,28,31). The van der Waals surface area contributed by atoms with Crippen LogP contribution < -0.4 is 10.9 Å². The first-order chi connectivity index (χ1) is 16.5. The van der Waals surface area contributed by atoms with Gasteiger partial charge in [0.15, 0.2) is 5.16 Å². The Bertz CT molecular complexity index is 1480. The summed E-state index contributed by atoms with van der Waals surface area (Å²) in [7, 11) is 0. The van der Waals surface area contributed by atoms with Crippen LogP contribution in [0, 0.1) is 23.0 Å². The van der Waals surface area contributed by atoms with E-state index in [1.165, 1.54) is 11.8 Å². The lowest BCUT2D eigenvalue weighted by molar-refractivity contribution is -0.113. The number of rotatable bonds is 7. The van der Waals surface area contributed by atoms with Crippen molar-refractivity contribution in [2.75, 3.05) is 16.8 Å². The van der Waals surface area contributed by atoms with Gasteiger partial charge in [0.1, 0.15) is 11.6 Å². The molecule has 1 aromatic heterocycles. The molecule has 6 nitrogen and oxygen atoms in total. The number of thioether (sulfide) groups is 2. The largest absolute Gasteiger partial charge is 0.324 e. The quantitative estimate of drug-likeness (QED) is 0.287. The predicted molar refractivity (Wildman–Crippen MR) is 129 cm³/mol. The maximum absolute atomic E-state index is 14.6. The third-order valence-electron chi connectivity index (χ3n) is 4.68. The third kappa shape index (κ3) is 5.11. The minimum atomic E-state index is -0.922. The fourth-order valence-corrected chi connectivity index (χ4v) is 4.68. The van der Waals surface area contributed by atoms with Crippen molar-refractivity contribution in [2.24, 2.45) is 0 Å². The van der Waals surface area contributed by atoms with Crippen molar-refractivity contribution < 1.29 is 13.6 Å². The van der Waals surface area contributed by atoms with Gasteiger partial charge < -0.3 is 5.32 Å². The first-order valence-corrected chi connectivity index (χ1v) is 11.9. The number of halogens is 2. The number of carbonyl (C=O) groups excluding carboxylic acids is 1. The summed E-state index contributed by atoms with van der Waals surface area (Å²) in [6.07, 6.45) is 0. The van der Waals surface area contributed by atoms with Crippen molar-refractivity contribution in [2.45, 2.75) is 10.1 Å². The number of nitriles is 1. The zero-order valence-corrected chi connectivity index (χ0v) is 19.1. The number of hydrogen-bond acceptors (Lipinski definition) is 6. The van der Waals surface area contributed by atoms with E-state index in [4.69, 9.17) is 5.26 Å². The van der Waals surface area contributed by atoms with Crippen LogP contribution in [0.1, 0.15) is 0 Å². The molecule has 4 aromatic rings. The number of para-hydroxylation sites is 2. The molecule has 0 spiro atoms. The van der Waals surface area contributed by atoms with Gasteiger partial charge in [-0.15, -0.1) is 11.8 Å². The Labute approximate surface area is 201 Å². The summed E-state index contributed by atoms with van der Waals surface area (Å²) in [5, 5.41) is 12.0. The summed E-state index contributed by atoms with van der Waals surface area (Å²) >= 11 is 2.25. The number of benzene rings is 3. The van der Waals surface area contributed by atoms with Crippen molar-refractivity contribution in [3.05, 3.63) is 88.7 Å². The molecule has 0 radical (unpaired) electrons. The molecule has 0 fully saturated rings. The molecule has 0 aliphatic carbocycles. The lowest BCUT2D eigenvalue weighted by Gasteiger charge is -2.14. The van der Waals surface area contributed by atoms with Crippen LogP contribution >= 0.6 is 23.5 Å². The lowest BCUT2D eigenvalue weighted by Crippen LogP contribution is -2.24. The molecule has 0 aliphatic heterocycles. The number of anilines is 1. The average molecular weight is 495 g/mol. The second-order valence-electron chi connectivity index (χ2n) is 6.93. The molecule has 1 heterocycles. The SMILES string of the molecule is N#CCSc1ccccc1NC(=O)CSc1nc2ccccc2c(=O)n1-c1ccc(F)cc1F. The number of amides is 1. The number of hydrogen-bond donors (Lipinski definition) is 1. The smallest absolute Gasteiger partial charge is 0.266 e. The molecule has 0 saturated heterocycles. The Morgan fingerprint density at radius 2 is 1.82 bits per heavy atom. The summed E-state index contributed by atoms with van der Waals surface area (Å²) in [5.41, 5.74) is 0.261. The Morgan fingerprint density at radius 1 is 1.06 bits per heavy atom. The Hall–Kier alpha value is -3.68. The number of nitrogens with zero attached hydrogens (tertiary/aromatic N) is 3. The van der Waals surface area contributed by atoms with E-state index in [1.54, 1.807) is 48.5 Å². The van der Waals surface area contributed by atoms with Crippen LogP contribution in [0.25, 0.3) is 16.6 Å². The molecule has 10 heteroatoms.